The Balaban J connectivity index is 1.68. The van der Waals surface area contributed by atoms with Crippen LogP contribution in [0.1, 0.15) is 18.9 Å². The Morgan fingerprint density at radius 3 is 2.62 bits per heavy atom. The van der Waals surface area contributed by atoms with Gasteiger partial charge in [-0.25, -0.2) is 0 Å². The SMILES string of the molecule is CC1CC1NCCc1ccccc1. The monoisotopic (exact) mass is 175 g/mol. The first-order chi connectivity index (χ1) is 6.36. The van der Waals surface area contributed by atoms with Gasteiger partial charge in [0.05, 0.1) is 0 Å². The summed E-state index contributed by atoms with van der Waals surface area (Å²) in [6.07, 6.45) is 2.53. The smallest absolute Gasteiger partial charge is 0.00965 e. The van der Waals surface area contributed by atoms with Gasteiger partial charge in [-0.1, -0.05) is 37.3 Å². The van der Waals surface area contributed by atoms with Crippen molar-refractivity contribution in [1.82, 2.24) is 5.32 Å². The molecule has 1 nitrogen and oxygen atoms in total. The molecule has 0 amide bonds. The predicted molar refractivity (Wildman–Crippen MR) is 55.7 cm³/mol. The van der Waals surface area contributed by atoms with Gasteiger partial charge in [0, 0.05) is 6.04 Å². The van der Waals surface area contributed by atoms with E-state index in [0.29, 0.717) is 0 Å². The highest BCUT2D eigenvalue weighted by atomic mass is 15.0. The average molecular weight is 175 g/mol. The lowest BCUT2D eigenvalue weighted by molar-refractivity contribution is 0.650. The Morgan fingerprint density at radius 1 is 1.31 bits per heavy atom. The molecule has 1 heteroatoms. The van der Waals surface area contributed by atoms with Crippen LogP contribution in [0, 0.1) is 5.92 Å². The maximum Gasteiger partial charge on any atom is 0.00965 e. The second kappa shape index (κ2) is 3.93. The van der Waals surface area contributed by atoms with Gasteiger partial charge in [-0.2, -0.15) is 0 Å². The van der Waals surface area contributed by atoms with Crippen LogP contribution in [0.3, 0.4) is 0 Å². The van der Waals surface area contributed by atoms with Crippen LogP contribution in [0.2, 0.25) is 0 Å². The summed E-state index contributed by atoms with van der Waals surface area (Å²) >= 11 is 0. The molecule has 1 fully saturated rings. The third kappa shape index (κ3) is 2.56. The molecular formula is C12H17N. The molecule has 2 rings (SSSR count). The van der Waals surface area contributed by atoms with Crippen LogP contribution in [0.25, 0.3) is 0 Å². The molecule has 0 saturated heterocycles. The molecule has 1 saturated carbocycles. The number of hydrogen-bond donors (Lipinski definition) is 1. The van der Waals surface area contributed by atoms with Crippen LogP contribution >= 0.6 is 0 Å². The fourth-order valence-electron chi connectivity index (χ4n) is 1.65. The standard InChI is InChI=1S/C12H17N/c1-10-9-12(10)13-8-7-11-5-3-2-4-6-11/h2-6,10,12-13H,7-9H2,1H3. The molecule has 0 bridgehead atoms. The fraction of sp³-hybridized carbons (Fsp3) is 0.500. The van der Waals surface area contributed by atoms with Crippen LogP contribution in [0.15, 0.2) is 30.3 Å². The molecule has 1 aliphatic rings. The van der Waals surface area contributed by atoms with E-state index in [0.717, 1.165) is 24.9 Å². The van der Waals surface area contributed by atoms with Crippen LogP contribution in [-0.4, -0.2) is 12.6 Å². The summed E-state index contributed by atoms with van der Waals surface area (Å²) in [4.78, 5) is 0. The topological polar surface area (TPSA) is 12.0 Å². The van der Waals surface area contributed by atoms with Gasteiger partial charge >= 0.3 is 0 Å². The summed E-state index contributed by atoms with van der Waals surface area (Å²) in [6.45, 7) is 3.43. The van der Waals surface area contributed by atoms with E-state index >= 15 is 0 Å². The summed E-state index contributed by atoms with van der Waals surface area (Å²) in [6, 6.07) is 11.5. The highest BCUT2D eigenvalue weighted by molar-refractivity contribution is 5.14. The number of benzene rings is 1. The van der Waals surface area contributed by atoms with Gasteiger partial charge in [0.2, 0.25) is 0 Å². The van der Waals surface area contributed by atoms with E-state index in [1.54, 1.807) is 0 Å². The zero-order chi connectivity index (χ0) is 9.10. The van der Waals surface area contributed by atoms with Gasteiger partial charge in [0.1, 0.15) is 0 Å². The fourth-order valence-corrected chi connectivity index (χ4v) is 1.65. The third-order valence-corrected chi connectivity index (χ3v) is 2.77. The van der Waals surface area contributed by atoms with Crippen molar-refractivity contribution in [3.8, 4) is 0 Å². The van der Waals surface area contributed by atoms with E-state index in [1.807, 2.05) is 0 Å². The minimum atomic E-state index is 0.809. The summed E-state index contributed by atoms with van der Waals surface area (Å²) in [7, 11) is 0. The largest absolute Gasteiger partial charge is 0.313 e. The molecule has 13 heavy (non-hydrogen) atoms. The predicted octanol–water partition coefficient (Wildman–Crippen LogP) is 2.23. The zero-order valence-electron chi connectivity index (χ0n) is 8.16. The van der Waals surface area contributed by atoms with Crippen LogP contribution in [0.5, 0.6) is 0 Å². The van der Waals surface area contributed by atoms with E-state index in [9.17, 15) is 0 Å². The van der Waals surface area contributed by atoms with Crippen LogP contribution in [0.4, 0.5) is 0 Å². The van der Waals surface area contributed by atoms with E-state index < -0.39 is 0 Å². The summed E-state index contributed by atoms with van der Waals surface area (Å²) in [5, 5.41) is 3.55. The lowest BCUT2D eigenvalue weighted by Crippen LogP contribution is -2.20. The van der Waals surface area contributed by atoms with Crippen molar-refractivity contribution in [2.45, 2.75) is 25.8 Å². The van der Waals surface area contributed by atoms with Crippen molar-refractivity contribution >= 4 is 0 Å². The normalized spacial score (nSPS) is 25.9. The first-order valence-electron chi connectivity index (χ1n) is 5.13. The molecular weight excluding hydrogens is 158 g/mol. The van der Waals surface area contributed by atoms with Gasteiger partial charge in [-0.05, 0) is 30.9 Å². The van der Waals surface area contributed by atoms with Crippen molar-refractivity contribution in [1.29, 1.82) is 0 Å². The molecule has 0 spiro atoms. The lowest BCUT2D eigenvalue weighted by atomic mass is 10.1. The molecule has 1 aliphatic carbocycles. The Morgan fingerprint density at radius 2 is 2.00 bits per heavy atom. The zero-order valence-corrected chi connectivity index (χ0v) is 8.16. The first-order valence-corrected chi connectivity index (χ1v) is 5.13. The van der Waals surface area contributed by atoms with Crippen molar-refractivity contribution < 1.29 is 0 Å². The second-order valence-corrected chi connectivity index (χ2v) is 4.01. The molecule has 0 aromatic heterocycles. The lowest BCUT2D eigenvalue weighted by Gasteiger charge is -2.02. The van der Waals surface area contributed by atoms with E-state index in [4.69, 9.17) is 0 Å². The van der Waals surface area contributed by atoms with Crippen molar-refractivity contribution in [3.63, 3.8) is 0 Å². The van der Waals surface area contributed by atoms with Gasteiger partial charge in [-0.15, -0.1) is 0 Å². The molecule has 2 atom stereocenters. The molecule has 1 aromatic rings. The van der Waals surface area contributed by atoms with Gasteiger partial charge in [0.25, 0.3) is 0 Å². The number of hydrogen-bond acceptors (Lipinski definition) is 1. The van der Waals surface area contributed by atoms with Crippen LogP contribution < -0.4 is 5.32 Å². The molecule has 1 aromatic carbocycles. The van der Waals surface area contributed by atoms with Crippen molar-refractivity contribution in [3.05, 3.63) is 35.9 Å². The Labute approximate surface area is 80.2 Å². The molecule has 2 unspecified atom stereocenters. The minimum absolute atomic E-state index is 0.809. The second-order valence-electron chi connectivity index (χ2n) is 4.01. The molecule has 70 valence electrons. The molecule has 1 N–H and O–H groups in total. The Bertz CT molecular complexity index is 255. The molecule has 0 heterocycles. The number of nitrogens with one attached hydrogen (secondary N) is 1. The maximum atomic E-state index is 3.55. The van der Waals surface area contributed by atoms with Crippen molar-refractivity contribution in [2.75, 3.05) is 6.54 Å². The third-order valence-electron chi connectivity index (χ3n) is 2.77. The Hall–Kier alpha value is -0.820. The van der Waals surface area contributed by atoms with E-state index in [1.165, 1.54) is 12.0 Å². The van der Waals surface area contributed by atoms with Gasteiger partial charge in [-0.3, -0.25) is 0 Å². The first kappa shape index (κ1) is 8.76. The summed E-state index contributed by atoms with van der Waals surface area (Å²) in [5.74, 6) is 0.913. The Kier molecular flexibility index (Phi) is 2.65. The van der Waals surface area contributed by atoms with Crippen molar-refractivity contribution in [2.24, 2.45) is 5.92 Å². The molecule has 0 radical (unpaired) electrons. The highest BCUT2D eigenvalue weighted by Gasteiger charge is 2.31. The van der Waals surface area contributed by atoms with Crippen LogP contribution in [-0.2, 0) is 6.42 Å². The average Bonchev–Trinajstić information content (AvgIpc) is 2.84. The quantitative estimate of drug-likeness (QED) is 0.740. The van der Waals surface area contributed by atoms with Gasteiger partial charge in [0.15, 0.2) is 0 Å². The highest BCUT2D eigenvalue weighted by Crippen LogP contribution is 2.28. The summed E-state index contributed by atoms with van der Waals surface area (Å²) < 4.78 is 0. The summed E-state index contributed by atoms with van der Waals surface area (Å²) in [5.41, 5.74) is 1.43. The van der Waals surface area contributed by atoms with Gasteiger partial charge < -0.3 is 5.32 Å². The van der Waals surface area contributed by atoms with E-state index in [-0.39, 0.29) is 0 Å². The maximum absolute atomic E-state index is 3.55. The minimum Gasteiger partial charge on any atom is -0.313 e. The number of rotatable bonds is 4. The van der Waals surface area contributed by atoms with E-state index in [2.05, 4.69) is 42.6 Å². The molecule has 0 aliphatic heterocycles.